The van der Waals surface area contributed by atoms with Crippen molar-refractivity contribution in [2.45, 2.75) is 44.9 Å². The summed E-state index contributed by atoms with van der Waals surface area (Å²) in [5.41, 5.74) is 4.74. The maximum absolute atomic E-state index is 12.2. The number of carboxylic acids is 2. The topological polar surface area (TPSA) is 74.6 Å². The zero-order chi connectivity index (χ0) is 18.6. The Labute approximate surface area is 152 Å². The molecule has 3 aliphatic rings. The normalized spacial score (nSPS) is 21.8. The highest BCUT2D eigenvalue weighted by Crippen LogP contribution is 2.62. The zero-order valence-corrected chi connectivity index (χ0v) is 15.0. The number of rotatable bonds is 4. The van der Waals surface area contributed by atoms with Gasteiger partial charge in [-0.3, -0.25) is 9.59 Å². The van der Waals surface area contributed by atoms with Gasteiger partial charge in [0.25, 0.3) is 0 Å². The van der Waals surface area contributed by atoms with Crippen molar-refractivity contribution in [1.82, 2.24) is 0 Å². The van der Waals surface area contributed by atoms with Gasteiger partial charge in [0, 0.05) is 11.8 Å². The standard InChI is InChI=1S/C22H22O4/c1-3-12-9-10-16-18(13(12)4-2)17-11-22(20(23)24,21(25)26)19(16)15-8-6-5-7-14(15)17/h5-10,17,19H,3-4,11H2,1-2H3,(H,23,24)(H,25,26). The van der Waals surface area contributed by atoms with E-state index in [1.807, 2.05) is 30.3 Å². The molecule has 0 spiro atoms. The molecule has 0 aliphatic heterocycles. The summed E-state index contributed by atoms with van der Waals surface area (Å²) in [6.07, 6.45) is 1.90. The molecule has 134 valence electrons. The molecule has 26 heavy (non-hydrogen) atoms. The van der Waals surface area contributed by atoms with Gasteiger partial charge in [0.05, 0.1) is 0 Å². The molecule has 3 aliphatic carbocycles. The minimum atomic E-state index is -1.80. The zero-order valence-electron chi connectivity index (χ0n) is 15.0. The molecule has 0 saturated carbocycles. The van der Waals surface area contributed by atoms with Crippen molar-refractivity contribution in [3.05, 3.63) is 69.8 Å². The van der Waals surface area contributed by atoms with Gasteiger partial charge in [-0.15, -0.1) is 0 Å². The molecule has 0 saturated heterocycles. The minimum Gasteiger partial charge on any atom is -0.480 e. The molecule has 2 atom stereocenters. The van der Waals surface area contributed by atoms with E-state index in [1.54, 1.807) is 0 Å². The fourth-order valence-electron chi connectivity index (χ4n) is 5.25. The minimum absolute atomic E-state index is 0.118. The van der Waals surface area contributed by atoms with Crippen LogP contribution in [0.15, 0.2) is 36.4 Å². The first kappa shape index (κ1) is 16.8. The smallest absolute Gasteiger partial charge is 0.322 e. The van der Waals surface area contributed by atoms with Crippen LogP contribution in [0.3, 0.4) is 0 Å². The highest BCUT2D eigenvalue weighted by molar-refractivity contribution is 6.01. The Hall–Kier alpha value is -2.62. The Kier molecular flexibility index (Phi) is 3.69. The first-order chi connectivity index (χ1) is 12.5. The number of carbonyl (C=O) groups is 2. The summed E-state index contributed by atoms with van der Waals surface area (Å²) in [6.45, 7) is 4.24. The molecular formula is C22H22O4. The summed E-state index contributed by atoms with van der Waals surface area (Å²) >= 11 is 0. The number of aryl methyl sites for hydroxylation is 1. The average Bonchev–Trinajstić information content (AvgIpc) is 2.66. The number of hydrogen-bond acceptors (Lipinski definition) is 2. The third-order valence-corrected chi connectivity index (χ3v) is 6.35. The van der Waals surface area contributed by atoms with Crippen molar-refractivity contribution >= 4 is 11.9 Å². The van der Waals surface area contributed by atoms with Crippen LogP contribution in [0.4, 0.5) is 0 Å². The van der Waals surface area contributed by atoms with Crippen LogP contribution in [-0.4, -0.2) is 22.2 Å². The molecule has 2 unspecified atom stereocenters. The summed E-state index contributed by atoms with van der Waals surface area (Å²) in [5.74, 6) is -3.31. The van der Waals surface area contributed by atoms with Crippen LogP contribution in [0.25, 0.3) is 0 Å². The lowest BCUT2D eigenvalue weighted by atomic mass is 9.51. The summed E-state index contributed by atoms with van der Waals surface area (Å²) in [7, 11) is 0. The Balaban J connectivity index is 2.09. The SMILES string of the molecule is CCc1ccc2c(c1CC)C1CC(C(=O)O)(C(=O)O)C2c2ccccc21. The van der Waals surface area contributed by atoms with Gasteiger partial charge in [0.2, 0.25) is 0 Å². The Morgan fingerprint density at radius 3 is 2.19 bits per heavy atom. The van der Waals surface area contributed by atoms with Crippen molar-refractivity contribution in [2.75, 3.05) is 0 Å². The van der Waals surface area contributed by atoms with Crippen LogP contribution in [-0.2, 0) is 22.4 Å². The molecule has 4 heteroatoms. The van der Waals surface area contributed by atoms with Crippen LogP contribution in [0.2, 0.25) is 0 Å². The van der Waals surface area contributed by atoms with Crippen molar-refractivity contribution < 1.29 is 19.8 Å². The van der Waals surface area contributed by atoms with Crippen LogP contribution in [0.1, 0.15) is 65.5 Å². The predicted octanol–water partition coefficient (Wildman–Crippen LogP) is 3.95. The van der Waals surface area contributed by atoms with Crippen LogP contribution in [0.5, 0.6) is 0 Å². The van der Waals surface area contributed by atoms with Gasteiger partial charge in [-0.25, -0.2) is 0 Å². The van der Waals surface area contributed by atoms with Crippen LogP contribution in [0, 0.1) is 5.41 Å². The first-order valence-electron chi connectivity index (χ1n) is 9.17. The van der Waals surface area contributed by atoms with E-state index in [4.69, 9.17) is 0 Å². The van der Waals surface area contributed by atoms with Crippen molar-refractivity contribution in [1.29, 1.82) is 0 Å². The number of fused-ring (bicyclic) bond motifs is 1. The van der Waals surface area contributed by atoms with Gasteiger partial charge in [-0.05, 0) is 52.6 Å². The van der Waals surface area contributed by atoms with Crippen molar-refractivity contribution in [3.8, 4) is 0 Å². The van der Waals surface area contributed by atoms with Crippen molar-refractivity contribution in [2.24, 2.45) is 5.41 Å². The second-order valence-electron chi connectivity index (χ2n) is 7.31. The van der Waals surface area contributed by atoms with Gasteiger partial charge < -0.3 is 10.2 Å². The third-order valence-electron chi connectivity index (χ3n) is 6.35. The number of aliphatic carboxylic acids is 2. The fraction of sp³-hybridized carbons (Fsp3) is 0.364. The monoisotopic (exact) mass is 350 g/mol. The Morgan fingerprint density at radius 1 is 0.962 bits per heavy atom. The lowest BCUT2D eigenvalue weighted by Crippen LogP contribution is -2.52. The molecule has 2 aromatic rings. The molecular weight excluding hydrogens is 328 g/mol. The van der Waals surface area contributed by atoms with Crippen LogP contribution >= 0.6 is 0 Å². The van der Waals surface area contributed by atoms with E-state index in [-0.39, 0.29) is 12.3 Å². The third kappa shape index (κ3) is 1.90. The fourth-order valence-corrected chi connectivity index (χ4v) is 5.25. The van der Waals surface area contributed by atoms with Gasteiger partial charge in [-0.2, -0.15) is 0 Å². The Bertz CT molecular complexity index is 914. The van der Waals surface area contributed by atoms with Crippen LogP contribution < -0.4 is 0 Å². The van der Waals surface area contributed by atoms with E-state index in [9.17, 15) is 19.8 Å². The lowest BCUT2D eigenvalue weighted by molar-refractivity contribution is -0.168. The van der Waals surface area contributed by atoms with Gasteiger partial charge in [0.15, 0.2) is 5.41 Å². The summed E-state index contributed by atoms with van der Waals surface area (Å²) in [4.78, 5) is 24.4. The number of benzene rings is 2. The second kappa shape index (κ2) is 5.70. The molecule has 2 aromatic carbocycles. The van der Waals surface area contributed by atoms with E-state index in [0.717, 1.165) is 29.5 Å². The number of carboxylic acid groups (broad SMARTS) is 2. The molecule has 5 rings (SSSR count). The summed E-state index contributed by atoms with van der Waals surface area (Å²) in [6, 6.07) is 11.8. The highest BCUT2D eigenvalue weighted by Gasteiger charge is 2.62. The molecule has 2 N–H and O–H groups in total. The average molecular weight is 350 g/mol. The van der Waals surface area contributed by atoms with Gasteiger partial charge in [0.1, 0.15) is 0 Å². The molecule has 2 bridgehead atoms. The van der Waals surface area contributed by atoms with E-state index in [2.05, 4.69) is 19.9 Å². The maximum Gasteiger partial charge on any atom is 0.322 e. The Morgan fingerprint density at radius 2 is 1.62 bits per heavy atom. The van der Waals surface area contributed by atoms with E-state index < -0.39 is 23.3 Å². The van der Waals surface area contributed by atoms with Gasteiger partial charge >= 0.3 is 11.9 Å². The van der Waals surface area contributed by atoms with E-state index in [1.165, 1.54) is 16.7 Å². The highest BCUT2D eigenvalue weighted by atomic mass is 16.4. The lowest BCUT2D eigenvalue weighted by Gasteiger charge is -2.49. The second-order valence-corrected chi connectivity index (χ2v) is 7.31. The molecule has 0 amide bonds. The van der Waals surface area contributed by atoms with Gasteiger partial charge in [-0.1, -0.05) is 50.2 Å². The van der Waals surface area contributed by atoms with E-state index >= 15 is 0 Å². The molecule has 0 fully saturated rings. The molecule has 0 aromatic heterocycles. The summed E-state index contributed by atoms with van der Waals surface area (Å²) < 4.78 is 0. The first-order valence-corrected chi connectivity index (χ1v) is 9.17. The largest absolute Gasteiger partial charge is 0.480 e. The maximum atomic E-state index is 12.2. The number of hydrogen-bond donors (Lipinski definition) is 2. The molecule has 0 radical (unpaired) electrons. The summed E-state index contributed by atoms with van der Waals surface area (Å²) in [5, 5.41) is 20.0. The molecule has 0 heterocycles. The predicted molar refractivity (Wildman–Crippen MR) is 97.6 cm³/mol. The van der Waals surface area contributed by atoms with E-state index in [0.29, 0.717) is 0 Å². The quantitative estimate of drug-likeness (QED) is 0.819. The molecule has 4 nitrogen and oxygen atoms in total. The van der Waals surface area contributed by atoms with Crippen molar-refractivity contribution in [3.63, 3.8) is 0 Å².